The van der Waals surface area contributed by atoms with Gasteiger partial charge in [-0.1, -0.05) is 11.2 Å². The van der Waals surface area contributed by atoms with Gasteiger partial charge in [-0.15, -0.1) is 0 Å². The molecule has 1 aromatic carbocycles. The summed E-state index contributed by atoms with van der Waals surface area (Å²) in [5.41, 5.74) is 0.471. The molecule has 1 aliphatic rings. The summed E-state index contributed by atoms with van der Waals surface area (Å²) >= 11 is 0. The Morgan fingerprint density at radius 1 is 1.17 bits per heavy atom. The van der Waals surface area contributed by atoms with E-state index in [1.807, 2.05) is 19.1 Å². The third-order valence-corrected chi connectivity index (χ3v) is 4.09. The highest BCUT2D eigenvalue weighted by Crippen LogP contribution is 2.48. The highest BCUT2D eigenvalue weighted by Gasteiger charge is 2.56. The number of carbonyl (C=O) groups is 2. The van der Waals surface area contributed by atoms with E-state index >= 15 is 0 Å². The van der Waals surface area contributed by atoms with Crippen LogP contribution in [0, 0.1) is 19.3 Å². The standard InChI is InChI=1S/C17H19N3O4/c1-10-4-5-13(23-3)12(8-10)18-15(21)17(6-7-17)16(22)19-14-9-11(2)24-20-14/h4-5,8-9H,6-7H2,1-3H3,(H,18,21)(H,19,20,22). The van der Waals surface area contributed by atoms with Gasteiger partial charge >= 0.3 is 0 Å². The van der Waals surface area contributed by atoms with Gasteiger partial charge in [-0.25, -0.2) is 0 Å². The molecule has 0 atom stereocenters. The molecule has 2 N–H and O–H groups in total. The zero-order chi connectivity index (χ0) is 17.3. The van der Waals surface area contributed by atoms with E-state index < -0.39 is 5.41 Å². The topological polar surface area (TPSA) is 93.5 Å². The van der Waals surface area contributed by atoms with Gasteiger partial charge in [0.25, 0.3) is 0 Å². The van der Waals surface area contributed by atoms with Crippen molar-refractivity contribution in [2.75, 3.05) is 17.7 Å². The average Bonchev–Trinajstić information content (AvgIpc) is 3.26. The lowest BCUT2D eigenvalue weighted by Crippen LogP contribution is -2.35. The smallest absolute Gasteiger partial charge is 0.241 e. The lowest BCUT2D eigenvalue weighted by atomic mass is 10.0. The molecule has 1 aliphatic carbocycles. The molecule has 0 unspecified atom stereocenters. The Kier molecular flexibility index (Phi) is 4.01. The molecule has 3 rings (SSSR count). The number of benzene rings is 1. The first-order valence-corrected chi connectivity index (χ1v) is 7.65. The zero-order valence-corrected chi connectivity index (χ0v) is 13.8. The van der Waals surface area contributed by atoms with Crippen molar-refractivity contribution in [3.05, 3.63) is 35.6 Å². The molecular weight excluding hydrogens is 310 g/mol. The number of ether oxygens (including phenoxy) is 1. The van der Waals surface area contributed by atoms with Crippen molar-refractivity contribution >= 4 is 23.3 Å². The van der Waals surface area contributed by atoms with Gasteiger partial charge in [0, 0.05) is 6.07 Å². The molecule has 0 radical (unpaired) electrons. The van der Waals surface area contributed by atoms with Gasteiger partial charge in [0.1, 0.15) is 16.9 Å². The van der Waals surface area contributed by atoms with E-state index in [9.17, 15) is 9.59 Å². The highest BCUT2D eigenvalue weighted by atomic mass is 16.5. The molecule has 1 fully saturated rings. The Bertz CT molecular complexity index is 793. The van der Waals surface area contributed by atoms with Crippen molar-refractivity contribution in [3.63, 3.8) is 0 Å². The van der Waals surface area contributed by atoms with Crippen molar-refractivity contribution in [1.29, 1.82) is 0 Å². The van der Waals surface area contributed by atoms with Crippen molar-refractivity contribution in [1.82, 2.24) is 5.16 Å². The third kappa shape index (κ3) is 2.97. The van der Waals surface area contributed by atoms with E-state index in [1.54, 1.807) is 19.1 Å². The first-order chi connectivity index (χ1) is 11.4. The van der Waals surface area contributed by atoms with E-state index in [4.69, 9.17) is 9.26 Å². The second kappa shape index (κ2) is 5.99. The number of nitrogens with one attached hydrogen (secondary N) is 2. The average molecular weight is 329 g/mol. The highest BCUT2D eigenvalue weighted by molar-refractivity contribution is 6.17. The molecule has 1 saturated carbocycles. The second-order valence-corrected chi connectivity index (χ2v) is 6.02. The van der Waals surface area contributed by atoms with Crippen LogP contribution in [0.4, 0.5) is 11.5 Å². The van der Waals surface area contributed by atoms with Crippen LogP contribution >= 0.6 is 0 Å². The van der Waals surface area contributed by atoms with Crippen LogP contribution in [0.25, 0.3) is 0 Å². The molecule has 2 aromatic rings. The minimum atomic E-state index is -1.07. The first kappa shape index (κ1) is 16.0. The van der Waals surface area contributed by atoms with Crippen LogP contribution in [0.1, 0.15) is 24.2 Å². The summed E-state index contributed by atoms with van der Waals surface area (Å²) in [6.45, 7) is 3.65. The normalized spacial score (nSPS) is 14.8. The molecule has 24 heavy (non-hydrogen) atoms. The predicted molar refractivity (Wildman–Crippen MR) is 87.9 cm³/mol. The lowest BCUT2D eigenvalue weighted by Gasteiger charge is -2.16. The van der Waals surface area contributed by atoms with E-state index in [0.29, 0.717) is 35.9 Å². The van der Waals surface area contributed by atoms with Gasteiger partial charge in [-0.05, 0) is 44.4 Å². The van der Waals surface area contributed by atoms with Crippen LogP contribution < -0.4 is 15.4 Å². The number of carbonyl (C=O) groups excluding carboxylic acids is 2. The number of rotatable bonds is 5. The molecule has 7 nitrogen and oxygen atoms in total. The van der Waals surface area contributed by atoms with E-state index in [1.165, 1.54) is 7.11 Å². The number of hydrogen-bond acceptors (Lipinski definition) is 5. The number of anilines is 2. The van der Waals surface area contributed by atoms with Crippen molar-refractivity contribution in [2.24, 2.45) is 5.41 Å². The van der Waals surface area contributed by atoms with Gasteiger partial charge < -0.3 is 19.9 Å². The zero-order valence-electron chi connectivity index (χ0n) is 13.8. The lowest BCUT2D eigenvalue weighted by molar-refractivity contribution is -0.131. The summed E-state index contributed by atoms with van der Waals surface area (Å²) in [5, 5.41) is 9.17. The summed E-state index contributed by atoms with van der Waals surface area (Å²) in [4.78, 5) is 25.1. The SMILES string of the molecule is COc1ccc(C)cc1NC(=O)C1(C(=O)Nc2cc(C)on2)CC1. The van der Waals surface area contributed by atoms with Gasteiger partial charge in [0.2, 0.25) is 11.8 Å². The van der Waals surface area contributed by atoms with E-state index in [2.05, 4.69) is 15.8 Å². The fourth-order valence-corrected chi connectivity index (χ4v) is 2.50. The molecule has 126 valence electrons. The fraction of sp³-hybridized carbons (Fsp3) is 0.353. The van der Waals surface area contributed by atoms with Crippen LogP contribution in [0.15, 0.2) is 28.8 Å². The summed E-state index contributed by atoms with van der Waals surface area (Å²) in [7, 11) is 1.53. The minimum absolute atomic E-state index is 0.310. The summed E-state index contributed by atoms with van der Waals surface area (Å²) < 4.78 is 10.2. The maximum Gasteiger partial charge on any atom is 0.241 e. The number of aryl methyl sites for hydroxylation is 2. The molecule has 0 aliphatic heterocycles. The Hall–Kier alpha value is -2.83. The molecule has 0 bridgehead atoms. The van der Waals surface area contributed by atoms with Crippen LogP contribution in [-0.2, 0) is 9.59 Å². The molecule has 0 spiro atoms. The Morgan fingerprint density at radius 3 is 2.46 bits per heavy atom. The predicted octanol–water partition coefficient (Wildman–Crippen LogP) is 2.66. The largest absolute Gasteiger partial charge is 0.495 e. The van der Waals surface area contributed by atoms with E-state index in [0.717, 1.165) is 5.56 Å². The number of aromatic nitrogens is 1. The van der Waals surface area contributed by atoms with Crippen LogP contribution in [-0.4, -0.2) is 24.1 Å². The van der Waals surface area contributed by atoms with Crippen LogP contribution in [0.2, 0.25) is 0 Å². The van der Waals surface area contributed by atoms with Crippen molar-refractivity contribution in [2.45, 2.75) is 26.7 Å². The Labute approximate surface area is 139 Å². The van der Waals surface area contributed by atoms with Gasteiger partial charge in [0.05, 0.1) is 12.8 Å². The number of hydrogen-bond donors (Lipinski definition) is 2. The monoisotopic (exact) mass is 329 g/mol. The number of nitrogens with zero attached hydrogens (tertiary/aromatic N) is 1. The van der Waals surface area contributed by atoms with Gasteiger partial charge in [-0.2, -0.15) is 0 Å². The quantitative estimate of drug-likeness (QED) is 0.823. The third-order valence-electron chi connectivity index (χ3n) is 4.09. The fourth-order valence-electron chi connectivity index (χ4n) is 2.50. The van der Waals surface area contributed by atoms with Gasteiger partial charge in [-0.3, -0.25) is 9.59 Å². The minimum Gasteiger partial charge on any atom is -0.495 e. The summed E-state index contributed by atoms with van der Waals surface area (Å²) in [6, 6.07) is 7.09. The van der Waals surface area contributed by atoms with E-state index in [-0.39, 0.29) is 11.8 Å². The summed E-state index contributed by atoms with van der Waals surface area (Å²) in [6.07, 6.45) is 0.991. The van der Waals surface area contributed by atoms with Gasteiger partial charge in [0.15, 0.2) is 5.82 Å². The molecule has 7 heteroatoms. The molecule has 0 saturated heterocycles. The van der Waals surface area contributed by atoms with Crippen LogP contribution in [0.5, 0.6) is 5.75 Å². The maximum absolute atomic E-state index is 12.6. The molecule has 1 aromatic heterocycles. The van der Waals surface area contributed by atoms with Crippen molar-refractivity contribution < 1.29 is 18.8 Å². The van der Waals surface area contributed by atoms with Crippen molar-refractivity contribution in [3.8, 4) is 5.75 Å². The number of methoxy groups -OCH3 is 1. The second-order valence-electron chi connectivity index (χ2n) is 6.02. The molecule has 1 heterocycles. The molecule has 2 amide bonds. The number of amides is 2. The Morgan fingerprint density at radius 2 is 1.88 bits per heavy atom. The molecular formula is C17H19N3O4. The summed E-state index contributed by atoms with van der Waals surface area (Å²) in [5.74, 6) is 0.732. The Balaban J connectivity index is 1.74. The first-order valence-electron chi connectivity index (χ1n) is 7.65. The van der Waals surface area contributed by atoms with Crippen LogP contribution in [0.3, 0.4) is 0 Å². The maximum atomic E-state index is 12.6.